The molecular weight excluding hydrogens is 300 g/mol. The first kappa shape index (κ1) is 10.5. The normalized spacial score (nSPS) is 9.38. The highest BCUT2D eigenvalue weighted by molar-refractivity contribution is 14.1. The summed E-state index contributed by atoms with van der Waals surface area (Å²) >= 11 is 7.59. The topological polar surface area (TPSA) is 29.1 Å². The maximum atomic E-state index is 11.1. The Labute approximate surface area is 95.1 Å². The van der Waals surface area contributed by atoms with Gasteiger partial charge in [-0.2, -0.15) is 0 Å². The van der Waals surface area contributed by atoms with Crippen LogP contribution in [0.4, 0.5) is 5.69 Å². The highest BCUT2D eigenvalue weighted by Gasteiger charge is 2.03. The molecule has 0 unspecified atom stereocenters. The minimum absolute atomic E-state index is 0.0152. The molecule has 0 heterocycles. The van der Waals surface area contributed by atoms with Crippen molar-refractivity contribution < 1.29 is 4.79 Å². The van der Waals surface area contributed by atoms with E-state index in [0.29, 0.717) is 5.69 Å². The van der Waals surface area contributed by atoms with Crippen LogP contribution in [-0.4, -0.2) is 5.91 Å². The first-order valence-corrected chi connectivity index (χ1v) is 4.96. The van der Waals surface area contributed by atoms with Crippen molar-refractivity contribution in [1.29, 1.82) is 0 Å². The summed E-state index contributed by atoms with van der Waals surface area (Å²) in [6.07, 6.45) is 0. The van der Waals surface area contributed by atoms with E-state index in [1.54, 1.807) is 12.1 Å². The Hall–Kier alpha value is -0.550. The van der Waals surface area contributed by atoms with Gasteiger partial charge in [0.15, 0.2) is 0 Å². The van der Waals surface area contributed by atoms with Crippen LogP contribution in [0.5, 0.6) is 0 Å². The maximum Gasteiger partial charge on any atom is 0.266 e. The molecule has 0 saturated heterocycles. The van der Waals surface area contributed by atoms with Crippen LogP contribution in [0, 0.1) is 3.57 Å². The minimum atomic E-state index is -0.372. The van der Waals surface area contributed by atoms with E-state index in [4.69, 9.17) is 11.6 Å². The molecule has 68 valence electrons. The molecular formula is C9H7ClINO. The van der Waals surface area contributed by atoms with Crippen molar-refractivity contribution in [1.82, 2.24) is 0 Å². The number of hydrogen-bond donors (Lipinski definition) is 1. The second-order valence-electron chi connectivity index (χ2n) is 2.37. The second kappa shape index (κ2) is 4.62. The number of halogens is 2. The molecule has 1 aromatic carbocycles. The SMILES string of the molecule is C=C(Cl)C(=O)Nc1ccc(I)cc1. The molecule has 0 radical (unpaired) electrons. The number of benzene rings is 1. The quantitative estimate of drug-likeness (QED) is 0.660. The van der Waals surface area contributed by atoms with Gasteiger partial charge in [-0.15, -0.1) is 0 Å². The summed E-state index contributed by atoms with van der Waals surface area (Å²) in [7, 11) is 0. The van der Waals surface area contributed by atoms with Crippen LogP contribution in [0.15, 0.2) is 35.9 Å². The second-order valence-corrected chi connectivity index (χ2v) is 4.07. The molecule has 1 amide bonds. The van der Waals surface area contributed by atoms with E-state index in [2.05, 4.69) is 34.5 Å². The average molecular weight is 308 g/mol. The number of rotatable bonds is 2. The van der Waals surface area contributed by atoms with Crippen LogP contribution < -0.4 is 5.32 Å². The number of amides is 1. The smallest absolute Gasteiger partial charge is 0.266 e. The molecule has 0 aliphatic heterocycles. The molecule has 1 N–H and O–H groups in total. The Morgan fingerprint density at radius 2 is 1.92 bits per heavy atom. The van der Waals surface area contributed by atoms with Crippen LogP contribution in [0.2, 0.25) is 0 Å². The summed E-state index contributed by atoms with van der Waals surface area (Å²) in [5, 5.41) is 2.58. The largest absolute Gasteiger partial charge is 0.321 e. The predicted molar refractivity (Wildman–Crippen MR) is 62.8 cm³/mol. The number of hydrogen-bond acceptors (Lipinski definition) is 1. The van der Waals surface area contributed by atoms with Crippen LogP contribution in [-0.2, 0) is 4.79 Å². The van der Waals surface area contributed by atoms with Gasteiger partial charge >= 0.3 is 0 Å². The van der Waals surface area contributed by atoms with Crippen molar-refractivity contribution in [3.05, 3.63) is 39.4 Å². The van der Waals surface area contributed by atoms with E-state index in [1.807, 2.05) is 12.1 Å². The molecule has 1 rings (SSSR count). The van der Waals surface area contributed by atoms with E-state index in [0.717, 1.165) is 3.57 Å². The van der Waals surface area contributed by atoms with Crippen molar-refractivity contribution in [3.8, 4) is 0 Å². The van der Waals surface area contributed by atoms with Gasteiger partial charge in [-0.1, -0.05) is 18.2 Å². The third-order valence-electron chi connectivity index (χ3n) is 1.35. The monoisotopic (exact) mass is 307 g/mol. The number of carbonyl (C=O) groups is 1. The van der Waals surface area contributed by atoms with E-state index in [1.165, 1.54) is 0 Å². The first-order valence-electron chi connectivity index (χ1n) is 3.51. The Kier molecular flexibility index (Phi) is 3.74. The van der Waals surface area contributed by atoms with Gasteiger partial charge in [0.2, 0.25) is 0 Å². The Bertz CT molecular complexity index is 334. The fourth-order valence-electron chi connectivity index (χ4n) is 0.732. The van der Waals surface area contributed by atoms with Gasteiger partial charge in [0.1, 0.15) is 0 Å². The Morgan fingerprint density at radius 3 is 2.38 bits per heavy atom. The van der Waals surface area contributed by atoms with Crippen molar-refractivity contribution in [2.75, 3.05) is 5.32 Å². The molecule has 0 bridgehead atoms. The predicted octanol–water partition coefficient (Wildman–Crippen LogP) is 2.98. The maximum absolute atomic E-state index is 11.1. The highest BCUT2D eigenvalue weighted by atomic mass is 127. The summed E-state index contributed by atoms with van der Waals surface area (Å²) in [5.74, 6) is -0.372. The van der Waals surface area contributed by atoms with Gasteiger partial charge in [-0.05, 0) is 46.9 Å². The standard InChI is InChI=1S/C9H7ClINO/c1-6(10)9(13)12-8-4-2-7(11)3-5-8/h2-5H,1H2,(H,12,13). The molecule has 0 saturated carbocycles. The molecule has 1 aromatic rings. The molecule has 0 atom stereocenters. The van der Waals surface area contributed by atoms with Crippen molar-refractivity contribution in [2.24, 2.45) is 0 Å². The first-order chi connectivity index (χ1) is 6.09. The van der Waals surface area contributed by atoms with E-state index in [-0.39, 0.29) is 10.9 Å². The highest BCUT2D eigenvalue weighted by Crippen LogP contribution is 2.12. The Balaban J connectivity index is 2.70. The number of nitrogens with one attached hydrogen (secondary N) is 1. The lowest BCUT2D eigenvalue weighted by atomic mass is 10.3. The minimum Gasteiger partial charge on any atom is -0.321 e. The number of carbonyl (C=O) groups excluding carboxylic acids is 1. The van der Waals surface area contributed by atoms with Gasteiger partial charge in [-0.3, -0.25) is 4.79 Å². The van der Waals surface area contributed by atoms with Crippen LogP contribution >= 0.6 is 34.2 Å². The fraction of sp³-hybridized carbons (Fsp3) is 0. The molecule has 0 spiro atoms. The summed E-state index contributed by atoms with van der Waals surface area (Å²) in [6, 6.07) is 7.40. The summed E-state index contributed by atoms with van der Waals surface area (Å²) in [4.78, 5) is 11.1. The summed E-state index contributed by atoms with van der Waals surface area (Å²) < 4.78 is 1.11. The fourth-order valence-corrected chi connectivity index (χ4v) is 1.14. The molecule has 4 heteroatoms. The van der Waals surface area contributed by atoms with Gasteiger partial charge < -0.3 is 5.32 Å². The van der Waals surface area contributed by atoms with Crippen LogP contribution in [0.3, 0.4) is 0 Å². The van der Waals surface area contributed by atoms with Crippen molar-refractivity contribution >= 4 is 45.8 Å². The number of anilines is 1. The van der Waals surface area contributed by atoms with E-state index in [9.17, 15) is 4.79 Å². The van der Waals surface area contributed by atoms with Gasteiger partial charge in [0, 0.05) is 9.26 Å². The van der Waals surface area contributed by atoms with Crippen LogP contribution in [0.1, 0.15) is 0 Å². The summed E-state index contributed by atoms with van der Waals surface area (Å²) in [6.45, 7) is 3.32. The molecule has 13 heavy (non-hydrogen) atoms. The van der Waals surface area contributed by atoms with Gasteiger partial charge in [0.05, 0.1) is 5.03 Å². The zero-order valence-electron chi connectivity index (χ0n) is 6.68. The Morgan fingerprint density at radius 1 is 1.38 bits per heavy atom. The van der Waals surface area contributed by atoms with E-state index < -0.39 is 0 Å². The lowest BCUT2D eigenvalue weighted by Gasteiger charge is -2.02. The molecule has 0 fully saturated rings. The molecule has 0 aliphatic carbocycles. The third kappa shape index (κ3) is 3.36. The molecule has 0 aromatic heterocycles. The molecule has 2 nitrogen and oxygen atoms in total. The van der Waals surface area contributed by atoms with Gasteiger partial charge in [0.25, 0.3) is 5.91 Å². The zero-order valence-corrected chi connectivity index (χ0v) is 9.59. The lowest BCUT2D eigenvalue weighted by molar-refractivity contribution is -0.112. The van der Waals surface area contributed by atoms with Crippen LogP contribution in [0.25, 0.3) is 0 Å². The molecule has 0 aliphatic rings. The third-order valence-corrected chi connectivity index (χ3v) is 2.24. The zero-order chi connectivity index (χ0) is 9.84. The van der Waals surface area contributed by atoms with E-state index >= 15 is 0 Å². The summed E-state index contributed by atoms with van der Waals surface area (Å²) in [5.41, 5.74) is 0.715. The van der Waals surface area contributed by atoms with Crippen molar-refractivity contribution in [2.45, 2.75) is 0 Å². The van der Waals surface area contributed by atoms with Crippen molar-refractivity contribution in [3.63, 3.8) is 0 Å². The lowest BCUT2D eigenvalue weighted by Crippen LogP contribution is -2.10. The van der Waals surface area contributed by atoms with Gasteiger partial charge in [-0.25, -0.2) is 0 Å². The average Bonchev–Trinajstić information content (AvgIpc) is 2.08.